The van der Waals surface area contributed by atoms with Gasteiger partial charge in [-0.3, -0.25) is 0 Å². The molecule has 0 amide bonds. The number of hydrogen-bond acceptors (Lipinski definition) is 4. The Labute approximate surface area is 117 Å². The second-order valence-electron chi connectivity index (χ2n) is 5.58. The largest absolute Gasteiger partial charge is 0.329 e. The van der Waals surface area contributed by atoms with E-state index in [1.165, 1.54) is 23.4 Å². The molecule has 0 radical (unpaired) electrons. The van der Waals surface area contributed by atoms with Gasteiger partial charge in [0.2, 0.25) is 0 Å². The van der Waals surface area contributed by atoms with Crippen LogP contribution in [0.1, 0.15) is 36.0 Å². The zero-order valence-corrected chi connectivity index (χ0v) is 12.3. The molecule has 3 rings (SSSR count). The van der Waals surface area contributed by atoms with Gasteiger partial charge in [-0.2, -0.15) is 0 Å². The van der Waals surface area contributed by atoms with Crippen molar-refractivity contribution in [1.82, 2.24) is 19.9 Å². The lowest BCUT2D eigenvalue weighted by Gasteiger charge is -2.34. The molecule has 3 heterocycles. The fourth-order valence-corrected chi connectivity index (χ4v) is 3.59. The number of imidazole rings is 1. The molecule has 0 spiro atoms. The third-order valence-electron chi connectivity index (χ3n) is 4.20. The van der Waals surface area contributed by atoms with Crippen LogP contribution in [0, 0.1) is 6.92 Å². The minimum absolute atomic E-state index is 0.250. The number of thiazole rings is 1. The van der Waals surface area contributed by atoms with Gasteiger partial charge in [-0.15, -0.1) is 11.3 Å². The number of nitrogens with zero attached hydrogens (tertiary/aromatic N) is 3. The molecule has 2 aromatic heterocycles. The molecule has 0 aromatic carbocycles. The van der Waals surface area contributed by atoms with Crippen molar-refractivity contribution in [3.05, 3.63) is 34.3 Å². The maximum absolute atomic E-state index is 4.38. The molecule has 0 bridgehead atoms. The summed E-state index contributed by atoms with van der Waals surface area (Å²) in [6.45, 7) is 7.53. The van der Waals surface area contributed by atoms with E-state index < -0.39 is 0 Å². The second kappa shape index (κ2) is 5.06. The fourth-order valence-electron chi connectivity index (χ4n) is 2.82. The molecule has 1 fully saturated rings. The Hall–Kier alpha value is -1.20. The van der Waals surface area contributed by atoms with Crippen molar-refractivity contribution in [3.8, 4) is 0 Å². The number of aromatic nitrogens is 3. The molecule has 0 saturated carbocycles. The lowest BCUT2D eigenvalue weighted by atomic mass is 9.78. The van der Waals surface area contributed by atoms with E-state index in [4.69, 9.17) is 0 Å². The zero-order chi connectivity index (χ0) is 13.3. The van der Waals surface area contributed by atoms with Crippen LogP contribution in [0.4, 0.5) is 0 Å². The predicted octanol–water partition coefficient (Wildman–Crippen LogP) is 2.34. The monoisotopic (exact) mass is 276 g/mol. The zero-order valence-electron chi connectivity index (χ0n) is 11.5. The predicted molar refractivity (Wildman–Crippen MR) is 77.6 cm³/mol. The molecule has 0 atom stereocenters. The van der Waals surface area contributed by atoms with Gasteiger partial charge in [0.1, 0.15) is 0 Å². The highest BCUT2D eigenvalue weighted by Gasteiger charge is 2.31. The number of nitrogens with one attached hydrogen (secondary N) is 1. The van der Waals surface area contributed by atoms with Crippen molar-refractivity contribution in [2.75, 3.05) is 13.1 Å². The Kier molecular flexibility index (Phi) is 3.41. The highest BCUT2D eigenvalue weighted by atomic mass is 32.1. The van der Waals surface area contributed by atoms with Gasteiger partial charge in [0.05, 0.1) is 24.1 Å². The summed E-state index contributed by atoms with van der Waals surface area (Å²) >= 11 is 1.73. The van der Waals surface area contributed by atoms with Crippen molar-refractivity contribution < 1.29 is 0 Å². The van der Waals surface area contributed by atoms with Crippen LogP contribution in [0.25, 0.3) is 0 Å². The van der Waals surface area contributed by atoms with E-state index in [-0.39, 0.29) is 5.41 Å². The maximum atomic E-state index is 4.38. The number of hydrogen-bond donors (Lipinski definition) is 1. The van der Waals surface area contributed by atoms with E-state index in [1.54, 1.807) is 11.3 Å². The van der Waals surface area contributed by atoms with Crippen LogP contribution >= 0.6 is 11.3 Å². The molecular weight excluding hydrogens is 256 g/mol. The normalized spacial score (nSPS) is 18.6. The first-order valence-corrected chi connectivity index (χ1v) is 7.67. The van der Waals surface area contributed by atoms with Crippen LogP contribution in [0.3, 0.4) is 0 Å². The molecule has 1 aliphatic rings. The van der Waals surface area contributed by atoms with Crippen molar-refractivity contribution in [2.24, 2.45) is 0 Å². The second-order valence-corrected chi connectivity index (χ2v) is 6.52. The summed E-state index contributed by atoms with van der Waals surface area (Å²) in [4.78, 5) is 10.0. The first kappa shape index (κ1) is 12.8. The molecule has 1 aliphatic heterocycles. The molecule has 2 aromatic rings. The van der Waals surface area contributed by atoms with Gasteiger partial charge in [-0.05, 0) is 32.9 Å². The van der Waals surface area contributed by atoms with E-state index in [0.717, 1.165) is 25.3 Å². The maximum Gasteiger partial charge on any atom is 0.0951 e. The first-order valence-electron chi connectivity index (χ1n) is 6.79. The van der Waals surface area contributed by atoms with Gasteiger partial charge >= 0.3 is 0 Å². The average Bonchev–Trinajstić information content (AvgIpc) is 3.01. The SMILES string of the molecule is Cc1ncsc1Cn1cncc1C1(C)CCNCC1. The summed E-state index contributed by atoms with van der Waals surface area (Å²) < 4.78 is 2.30. The molecule has 1 N–H and O–H groups in total. The third-order valence-corrected chi connectivity index (χ3v) is 5.12. The van der Waals surface area contributed by atoms with Gasteiger partial charge < -0.3 is 9.88 Å². The highest BCUT2D eigenvalue weighted by molar-refractivity contribution is 7.09. The Balaban J connectivity index is 1.88. The molecule has 0 aliphatic carbocycles. The summed E-state index contributed by atoms with van der Waals surface area (Å²) in [7, 11) is 0. The lowest BCUT2D eigenvalue weighted by molar-refractivity contribution is 0.319. The Morgan fingerprint density at radius 3 is 2.89 bits per heavy atom. The van der Waals surface area contributed by atoms with E-state index >= 15 is 0 Å². The topological polar surface area (TPSA) is 42.7 Å². The molecular formula is C14H20N4S. The van der Waals surface area contributed by atoms with Crippen LogP contribution in [-0.2, 0) is 12.0 Å². The smallest absolute Gasteiger partial charge is 0.0951 e. The molecule has 19 heavy (non-hydrogen) atoms. The summed E-state index contributed by atoms with van der Waals surface area (Å²) in [6, 6.07) is 0. The minimum atomic E-state index is 0.250. The highest BCUT2D eigenvalue weighted by Crippen LogP contribution is 2.33. The average molecular weight is 276 g/mol. The molecule has 5 heteroatoms. The molecule has 1 saturated heterocycles. The summed E-state index contributed by atoms with van der Waals surface area (Å²) in [5, 5.41) is 3.44. The van der Waals surface area contributed by atoms with Crippen LogP contribution in [0.5, 0.6) is 0 Å². The Bertz CT molecular complexity index is 551. The molecule has 4 nitrogen and oxygen atoms in total. The Morgan fingerprint density at radius 2 is 2.21 bits per heavy atom. The number of aryl methyl sites for hydroxylation is 1. The van der Waals surface area contributed by atoms with Gasteiger partial charge in [-0.25, -0.2) is 9.97 Å². The van der Waals surface area contributed by atoms with Gasteiger partial charge in [0, 0.05) is 22.2 Å². The first-order chi connectivity index (χ1) is 9.19. The molecule has 102 valence electrons. The van der Waals surface area contributed by atoms with Crippen LogP contribution in [0.15, 0.2) is 18.0 Å². The minimum Gasteiger partial charge on any atom is -0.329 e. The standard InChI is InChI=1S/C14H20N4S/c1-11-12(19-10-17-11)8-18-9-16-7-13(18)14(2)3-5-15-6-4-14/h7,9-10,15H,3-6,8H2,1-2H3. The van der Waals surface area contributed by atoms with E-state index in [0.29, 0.717) is 0 Å². The van der Waals surface area contributed by atoms with Crippen molar-refractivity contribution in [3.63, 3.8) is 0 Å². The molecule has 0 unspecified atom stereocenters. The van der Waals surface area contributed by atoms with Gasteiger partial charge in [0.15, 0.2) is 0 Å². The fraction of sp³-hybridized carbons (Fsp3) is 0.571. The van der Waals surface area contributed by atoms with E-state index in [1.807, 2.05) is 18.0 Å². The lowest BCUT2D eigenvalue weighted by Crippen LogP contribution is -2.39. The Morgan fingerprint density at radius 1 is 1.42 bits per heavy atom. The van der Waals surface area contributed by atoms with E-state index in [2.05, 4.69) is 33.7 Å². The van der Waals surface area contributed by atoms with Crippen molar-refractivity contribution in [2.45, 2.75) is 38.6 Å². The van der Waals surface area contributed by atoms with Crippen molar-refractivity contribution >= 4 is 11.3 Å². The summed E-state index contributed by atoms with van der Waals surface area (Å²) in [6.07, 6.45) is 6.37. The third kappa shape index (κ3) is 2.44. The summed E-state index contributed by atoms with van der Waals surface area (Å²) in [5.74, 6) is 0. The quantitative estimate of drug-likeness (QED) is 0.935. The van der Waals surface area contributed by atoms with Crippen LogP contribution in [-0.4, -0.2) is 27.6 Å². The van der Waals surface area contributed by atoms with E-state index in [9.17, 15) is 0 Å². The van der Waals surface area contributed by atoms with Gasteiger partial charge in [0.25, 0.3) is 0 Å². The van der Waals surface area contributed by atoms with Gasteiger partial charge in [-0.1, -0.05) is 6.92 Å². The summed E-state index contributed by atoms with van der Waals surface area (Å²) in [5.41, 5.74) is 4.68. The van der Waals surface area contributed by atoms with Crippen molar-refractivity contribution in [1.29, 1.82) is 0 Å². The number of piperidine rings is 1. The van der Waals surface area contributed by atoms with Crippen LogP contribution < -0.4 is 5.32 Å². The van der Waals surface area contributed by atoms with Crippen LogP contribution in [0.2, 0.25) is 0 Å². The number of rotatable bonds is 3.